The Hall–Kier alpha value is -2.74. The van der Waals surface area contributed by atoms with Crippen molar-refractivity contribution in [1.29, 1.82) is 5.26 Å². The van der Waals surface area contributed by atoms with Crippen molar-refractivity contribution in [2.24, 2.45) is 7.05 Å². The number of amides is 1. The molecule has 0 spiro atoms. The van der Waals surface area contributed by atoms with Crippen LogP contribution in [0.1, 0.15) is 28.5 Å². The number of aryl methyl sites for hydroxylation is 1. The van der Waals surface area contributed by atoms with Crippen LogP contribution in [0, 0.1) is 11.3 Å². The summed E-state index contributed by atoms with van der Waals surface area (Å²) in [7, 11) is 1.85. The van der Waals surface area contributed by atoms with Gasteiger partial charge in [-0.2, -0.15) is 5.26 Å². The number of hydrogen-bond acceptors (Lipinski definition) is 3. The fraction of sp³-hybridized carbons (Fsp3) is 0.250. The van der Waals surface area contributed by atoms with Gasteiger partial charge in [0.1, 0.15) is 11.8 Å². The van der Waals surface area contributed by atoms with Gasteiger partial charge in [-0.25, -0.2) is 0 Å². The molecule has 2 rings (SSSR count). The van der Waals surface area contributed by atoms with Crippen LogP contribution in [-0.4, -0.2) is 17.0 Å². The van der Waals surface area contributed by atoms with Crippen molar-refractivity contribution in [1.82, 2.24) is 9.88 Å². The van der Waals surface area contributed by atoms with Crippen LogP contribution in [0.3, 0.4) is 0 Å². The largest absolute Gasteiger partial charge is 0.381 e. The molecular weight excluding hydrogens is 264 g/mol. The molecule has 0 unspecified atom stereocenters. The maximum Gasteiger partial charge on any atom is 0.251 e. The predicted octanol–water partition coefficient (Wildman–Crippen LogP) is 2.26. The van der Waals surface area contributed by atoms with E-state index in [0.717, 1.165) is 11.3 Å². The van der Waals surface area contributed by atoms with Crippen molar-refractivity contribution < 1.29 is 4.79 Å². The first-order valence-electron chi connectivity index (χ1n) is 6.81. The van der Waals surface area contributed by atoms with Gasteiger partial charge in [-0.15, -0.1) is 0 Å². The van der Waals surface area contributed by atoms with E-state index in [1.807, 2.05) is 44.4 Å². The van der Waals surface area contributed by atoms with E-state index < -0.39 is 0 Å². The van der Waals surface area contributed by atoms with Gasteiger partial charge >= 0.3 is 0 Å². The summed E-state index contributed by atoms with van der Waals surface area (Å²) in [6, 6.07) is 11.3. The van der Waals surface area contributed by atoms with Gasteiger partial charge in [0.2, 0.25) is 0 Å². The molecule has 1 aromatic heterocycles. The summed E-state index contributed by atoms with van der Waals surface area (Å²) < 4.78 is 1.79. The highest BCUT2D eigenvalue weighted by Gasteiger charge is 2.05. The van der Waals surface area contributed by atoms with E-state index in [0.29, 0.717) is 24.3 Å². The third-order valence-corrected chi connectivity index (χ3v) is 3.13. The highest BCUT2D eigenvalue weighted by atomic mass is 16.1. The first-order valence-corrected chi connectivity index (χ1v) is 6.81. The highest BCUT2D eigenvalue weighted by molar-refractivity contribution is 5.95. The number of benzene rings is 1. The molecule has 1 aromatic carbocycles. The SMILES string of the molecule is CCNC(=O)c1cccc(NCc2cc(C#N)n(C)c2)c1. The Kier molecular flexibility index (Phi) is 4.62. The second kappa shape index (κ2) is 6.62. The molecule has 0 atom stereocenters. The molecule has 0 aliphatic heterocycles. The Labute approximate surface area is 124 Å². The monoisotopic (exact) mass is 282 g/mol. The van der Waals surface area contributed by atoms with Crippen molar-refractivity contribution in [3.8, 4) is 6.07 Å². The van der Waals surface area contributed by atoms with Crippen molar-refractivity contribution >= 4 is 11.6 Å². The lowest BCUT2D eigenvalue weighted by Gasteiger charge is -2.07. The highest BCUT2D eigenvalue weighted by Crippen LogP contribution is 2.13. The quantitative estimate of drug-likeness (QED) is 0.883. The van der Waals surface area contributed by atoms with Gasteiger partial charge in [0.15, 0.2) is 0 Å². The molecular formula is C16H18N4O. The number of nitrogens with zero attached hydrogens (tertiary/aromatic N) is 2. The van der Waals surface area contributed by atoms with E-state index in [-0.39, 0.29) is 5.91 Å². The Morgan fingerprint density at radius 2 is 2.19 bits per heavy atom. The Morgan fingerprint density at radius 1 is 1.38 bits per heavy atom. The summed E-state index contributed by atoms with van der Waals surface area (Å²) in [6.45, 7) is 3.11. The van der Waals surface area contributed by atoms with Crippen LogP contribution in [0.25, 0.3) is 0 Å². The first-order chi connectivity index (χ1) is 10.1. The summed E-state index contributed by atoms with van der Waals surface area (Å²) in [5.74, 6) is -0.0763. The lowest BCUT2D eigenvalue weighted by Crippen LogP contribution is -2.22. The number of carbonyl (C=O) groups is 1. The number of rotatable bonds is 5. The van der Waals surface area contributed by atoms with Crippen LogP contribution >= 0.6 is 0 Å². The zero-order chi connectivity index (χ0) is 15.2. The molecule has 2 aromatic rings. The van der Waals surface area contributed by atoms with Gasteiger partial charge in [0, 0.05) is 37.6 Å². The molecule has 1 heterocycles. The molecule has 21 heavy (non-hydrogen) atoms. The second-order valence-electron chi connectivity index (χ2n) is 4.75. The molecule has 0 saturated carbocycles. The maximum absolute atomic E-state index is 11.8. The van der Waals surface area contributed by atoms with Gasteiger partial charge in [0.25, 0.3) is 5.91 Å². The molecule has 0 saturated heterocycles. The number of nitriles is 1. The van der Waals surface area contributed by atoms with Crippen molar-refractivity contribution in [2.45, 2.75) is 13.5 Å². The standard InChI is InChI=1S/C16H18N4O/c1-3-18-16(21)13-5-4-6-14(8-13)19-10-12-7-15(9-17)20(2)11-12/h4-8,11,19H,3,10H2,1-2H3,(H,18,21). The number of hydrogen-bond donors (Lipinski definition) is 2. The average Bonchev–Trinajstić information content (AvgIpc) is 2.86. The normalized spacial score (nSPS) is 9.95. The minimum absolute atomic E-state index is 0.0763. The predicted molar refractivity (Wildman–Crippen MR) is 81.9 cm³/mol. The molecule has 0 radical (unpaired) electrons. The third-order valence-electron chi connectivity index (χ3n) is 3.13. The summed E-state index contributed by atoms with van der Waals surface area (Å²) in [5.41, 5.74) is 3.16. The molecule has 1 amide bonds. The smallest absolute Gasteiger partial charge is 0.251 e. The third kappa shape index (κ3) is 3.63. The Morgan fingerprint density at radius 3 is 2.86 bits per heavy atom. The maximum atomic E-state index is 11.8. The fourth-order valence-electron chi connectivity index (χ4n) is 2.08. The van der Waals surface area contributed by atoms with Crippen LogP contribution in [0.15, 0.2) is 36.5 Å². The van der Waals surface area contributed by atoms with Gasteiger partial charge in [0.05, 0.1) is 0 Å². The molecule has 0 bridgehead atoms. The summed E-state index contributed by atoms with van der Waals surface area (Å²) >= 11 is 0. The van der Waals surface area contributed by atoms with Crippen LogP contribution in [-0.2, 0) is 13.6 Å². The summed E-state index contributed by atoms with van der Waals surface area (Å²) in [6.07, 6.45) is 1.92. The van der Waals surface area contributed by atoms with E-state index in [9.17, 15) is 4.79 Å². The first kappa shape index (κ1) is 14.7. The van der Waals surface area contributed by atoms with E-state index in [2.05, 4.69) is 16.7 Å². The van der Waals surface area contributed by atoms with Crippen LogP contribution in [0.5, 0.6) is 0 Å². The summed E-state index contributed by atoms with van der Waals surface area (Å²) in [4.78, 5) is 11.8. The topological polar surface area (TPSA) is 69.8 Å². The van der Waals surface area contributed by atoms with Crippen LogP contribution in [0.4, 0.5) is 5.69 Å². The van der Waals surface area contributed by atoms with Crippen molar-refractivity contribution in [3.63, 3.8) is 0 Å². The molecule has 0 fully saturated rings. The van der Waals surface area contributed by atoms with Crippen molar-refractivity contribution in [3.05, 3.63) is 53.3 Å². The number of carbonyl (C=O) groups excluding carboxylic acids is 1. The van der Waals surface area contributed by atoms with Gasteiger partial charge in [-0.3, -0.25) is 4.79 Å². The molecule has 0 aliphatic rings. The zero-order valence-corrected chi connectivity index (χ0v) is 12.2. The lowest BCUT2D eigenvalue weighted by molar-refractivity contribution is 0.0956. The molecule has 108 valence electrons. The number of anilines is 1. The van der Waals surface area contributed by atoms with Gasteiger partial charge in [-0.05, 0) is 36.8 Å². The molecule has 0 aliphatic carbocycles. The van der Waals surface area contributed by atoms with E-state index in [1.54, 1.807) is 10.6 Å². The van der Waals surface area contributed by atoms with Gasteiger partial charge in [-0.1, -0.05) is 6.07 Å². The minimum Gasteiger partial charge on any atom is -0.381 e. The second-order valence-corrected chi connectivity index (χ2v) is 4.75. The fourth-order valence-corrected chi connectivity index (χ4v) is 2.08. The molecule has 5 heteroatoms. The number of nitrogens with one attached hydrogen (secondary N) is 2. The minimum atomic E-state index is -0.0763. The van der Waals surface area contributed by atoms with E-state index in [4.69, 9.17) is 5.26 Å². The summed E-state index contributed by atoms with van der Waals surface area (Å²) in [5, 5.41) is 15.0. The van der Waals surface area contributed by atoms with Crippen LogP contribution < -0.4 is 10.6 Å². The molecule has 5 nitrogen and oxygen atoms in total. The van der Waals surface area contributed by atoms with E-state index in [1.165, 1.54) is 0 Å². The average molecular weight is 282 g/mol. The zero-order valence-electron chi connectivity index (χ0n) is 12.2. The van der Waals surface area contributed by atoms with Crippen molar-refractivity contribution in [2.75, 3.05) is 11.9 Å². The lowest BCUT2D eigenvalue weighted by atomic mass is 10.2. The number of aromatic nitrogens is 1. The van der Waals surface area contributed by atoms with E-state index >= 15 is 0 Å². The van der Waals surface area contributed by atoms with Gasteiger partial charge < -0.3 is 15.2 Å². The molecule has 2 N–H and O–H groups in total. The Balaban J connectivity index is 2.04. The van der Waals surface area contributed by atoms with Crippen LogP contribution in [0.2, 0.25) is 0 Å². The Bertz CT molecular complexity index is 682.